The Labute approximate surface area is 91.2 Å². The number of carbonyl (C=O) groups excluding carboxylic acids is 1. The molecule has 5 nitrogen and oxygen atoms in total. The molecule has 0 radical (unpaired) electrons. The fourth-order valence-electron chi connectivity index (χ4n) is 0.914. The summed E-state index contributed by atoms with van der Waals surface area (Å²) < 4.78 is 23.4. The minimum atomic E-state index is -3.19. The second kappa shape index (κ2) is 5.27. The second-order valence-corrected chi connectivity index (χ2v) is 5.79. The Bertz CT molecular complexity index is 348. The van der Waals surface area contributed by atoms with Crippen LogP contribution in [0.25, 0.3) is 0 Å². The van der Waals surface area contributed by atoms with Crippen molar-refractivity contribution < 1.29 is 13.2 Å². The van der Waals surface area contributed by atoms with Gasteiger partial charge in [0.2, 0.25) is 15.9 Å². The summed E-state index contributed by atoms with van der Waals surface area (Å²) in [5.41, 5.74) is 0.406. The largest absolute Gasteiger partial charge is 0.349 e. The molecule has 0 aromatic carbocycles. The maximum Gasteiger partial charge on any atom is 0.246 e. The zero-order chi connectivity index (χ0) is 12.2. The van der Waals surface area contributed by atoms with Gasteiger partial charge in [-0.15, -0.1) is 0 Å². The first-order valence-corrected chi connectivity index (χ1v) is 6.37. The highest BCUT2D eigenvalue weighted by atomic mass is 32.2. The van der Waals surface area contributed by atoms with Crippen LogP contribution < -0.4 is 5.32 Å². The van der Waals surface area contributed by atoms with E-state index >= 15 is 0 Å². The summed E-state index contributed by atoms with van der Waals surface area (Å²) >= 11 is 0. The van der Waals surface area contributed by atoms with Crippen molar-refractivity contribution in [3.8, 4) is 0 Å². The Balaban J connectivity index is 4.22. The molecule has 6 heteroatoms. The molecule has 0 fully saturated rings. The van der Waals surface area contributed by atoms with Crippen molar-refractivity contribution in [1.29, 1.82) is 0 Å². The third-order valence-corrected chi connectivity index (χ3v) is 3.14. The molecule has 15 heavy (non-hydrogen) atoms. The molecule has 1 atom stereocenters. The molecule has 0 heterocycles. The first-order valence-electron chi connectivity index (χ1n) is 4.52. The predicted molar refractivity (Wildman–Crippen MR) is 59.9 cm³/mol. The number of hydrogen-bond acceptors (Lipinski definition) is 3. The van der Waals surface area contributed by atoms with Gasteiger partial charge in [-0.3, -0.25) is 4.79 Å². The van der Waals surface area contributed by atoms with E-state index in [1.165, 1.54) is 11.4 Å². The van der Waals surface area contributed by atoms with Crippen LogP contribution >= 0.6 is 0 Å². The van der Waals surface area contributed by atoms with Crippen molar-refractivity contribution in [1.82, 2.24) is 9.62 Å². The van der Waals surface area contributed by atoms with Gasteiger partial charge in [0.15, 0.2) is 0 Å². The summed E-state index contributed by atoms with van der Waals surface area (Å²) in [6.07, 6.45) is 1.13. The summed E-state index contributed by atoms with van der Waals surface area (Å²) in [4.78, 5) is 11.2. The van der Waals surface area contributed by atoms with Crippen molar-refractivity contribution in [2.45, 2.75) is 19.9 Å². The van der Waals surface area contributed by atoms with E-state index in [0.717, 1.165) is 6.26 Å². The quantitative estimate of drug-likeness (QED) is 0.679. The summed E-state index contributed by atoms with van der Waals surface area (Å²) in [5.74, 6) is -0.260. The number of rotatable bonds is 5. The molecule has 0 aliphatic rings. The molecule has 0 aromatic rings. The molecule has 0 aliphatic heterocycles. The Morgan fingerprint density at radius 3 is 2.33 bits per heavy atom. The highest BCUT2D eigenvalue weighted by Gasteiger charge is 2.15. The van der Waals surface area contributed by atoms with Crippen LogP contribution in [0.4, 0.5) is 0 Å². The maximum atomic E-state index is 11.2. The molecule has 0 aliphatic carbocycles. The Morgan fingerprint density at radius 1 is 1.53 bits per heavy atom. The lowest BCUT2D eigenvalue weighted by atomic mass is 10.3. The first kappa shape index (κ1) is 14.1. The smallest absolute Gasteiger partial charge is 0.246 e. The van der Waals surface area contributed by atoms with E-state index in [0.29, 0.717) is 5.57 Å². The lowest BCUT2D eigenvalue weighted by Gasteiger charge is -2.20. The summed E-state index contributed by atoms with van der Waals surface area (Å²) in [6.45, 7) is 7.08. The summed E-state index contributed by atoms with van der Waals surface area (Å²) in [6, 6.07) is -0.242. The van der Waals surface area contributed by atoms with Crippen LogP contribution in [-0.4, -0.2) is 44.5 Å². The number of nitrogens with one attached hydrogen (secondary N) is 1. The third kappa shape index (κ3) is 5.54. The number of likely N-dealkylation sites (N-methyl/N-ethyl adjacent to an activating group) is 1. The third-order valence-electron chi connectivity index (χ3n) is 1.86. The molecule has 0 saturated carbocycles. The van der Waals surface area contributed by atoms with Crippen LogP contribution in [0.2, 0.25) is 0 Å². The average Bonchev–Trinajstić information content (AvgIpc) is 2.01. The van der Waals surface area contributed by atoms with Crippen molar-refractivity contribution in [3.63, 3.8) is 0 Å². The van der Waals surface area contributed by atoms with Crippen molar-refractivity contribution in [3.05, 3.63) is 12.2 Å². The van der Waals surface area contributed by atoms with E-state index in [4.69, 9.17) is 0 Å². The lowest BCUT2D eigenvalue weighted by Crippen LogP contribution is -2.42. The molecule has 0 bridgehead atoms. The first-order chi connectivity index (χ1) is 6.64. The Morgan fingerprint density at radius 2 is 2.00 bits per heavy atom. The molecule has 88 valence electrons. The number of nitrogens with zero attached hydrogens (tertiary/aromatic N) is 1. The minimum Gasteiger partial charge on any atom is -0.349 e. The summed E-state index contributed by atoms with van der Waals surface area (Å²) in [7, 11) is -1.72. The van der Waals surface area contributed by atoms with E-state index in [-0.39, 0.29) is 18.5 Å². The SMILES string of the molecule is C=C(C)C(=O)NC(C)CN(C)S(C)(=O)=O. The fraction of sp³-hybridized carbons (Fsp3) is 0.667. The van der Waals surface area contributed by atoms with Crippen LogP contribution in [0, 0.1) is 0 Å². The molecule has 1 unspecified atom stereocenters. The van der Waals surface area contributed by atoms with E-state index in [9.17, 15) is 13.2 Å². The van der Waals surface area contributed by atoms with Gasteiger partial charge in [-0.05, 0) is 13.8 Å². The van der Waals surface area contributed by atoms with Gasteiger partial charge >= 0.3 is 0 Å². The van der Waals surface area contributed by atoms with Gasteiger partial charge in [-0.2, -0.15) is 0 Å². The molecule has 0 saturated heterocycles. The van der Waals surface area contributed by atoms with Crippen molar-refractivity contribution >= 4 is 15.9 Å². The fourth-order valence-corrected chi connectivity index (χ4v) is 1.41. The van der Waals surface area contributed by atoms with Gasteiger partial charge in [-0.1, -0.05) is 6.58 Å². The van der Waals surface area contributed by atoms with Crippen LogP contribution in [0.1, 0.15) is 13.8 Å². The van der Waals surface area contributed by atoms with Gasteiger partial charge < -0.3 is 5.32 Å². The van der Waals surface area contributed by atoms with Gasteiger partial charge in [0.1, 0.15) is 0 Å². The van der Waals surface area contributed by atoms with Crippen LogP contribution in [0.15, 0.2) is 12.2 Å². The molecule has 0 spiro atoms. The minimum absolute atomic E-state index is 0.242. The monoisotopic (exact) mass is 234 g/mol. The van der Waals surface area contributed by atoms with Crippen LogP contribution in [0.3, 0.4) is 0 Å². The average molecular weight is 234 g/mol. The molecule has 0 aromatic heterocycles. The van der Waals surface area contributed by atoms with Crippen LogP contribution in [-0.2, 0) is 14.8 Å². The second-order valence-electron chi connectivity index (χ2n) is 3.70. The lowest BCUT2D eigenvalue weighted by molar-refractivity contribution is -0.118. The number of sulfonamides is 1. The number of hydrogen-bond donors (Lipinski definition) is 1. The van der Waals surface area contributed by atoms with Gasteiger partial charge in [-0.25, -0.2) is 12.7 Å². The highest BCUT2D eigenvalue weighted by molar-refractivity contribution is 7.88. The van der Waals surface area contributed by atoms with Gasteiger partial charge in [0.05, 0.1) is 6.26 Å². The van der Waals surface area contributed by atoms with Crippen LogP contribution in [0.5, 0.6) is 0 Å². The van der Waals surface area contributed by atoms with Gasteiger partial charge in [0.25, 0.3) is 0 Å². The van der Waals surface area contributed by atoms with E-state index in [2.05, 4.69) is 11.9 Å². The Hall–Kier alpha value is -0.880. The Kier molecular flexibility index (Phi) is 4.96. The highest BCUT2D eigenvalue weighted by Crippen LogP contribution is 1.96. The zero-order valence-corrected chi connectivity index (χ0v) is 10.4. The normalized spacial score (nSPS) is 13.7. The standard InChI is InChI=1S/C9H18N2O3S/c1-7(2)9(12)10-8(3)6-11(4)15(5,13)14/h8H,1,6H2,2-5H3,(H,10,12). The van der Waals surface area contributed by atoms with E-state index in [1.54, 1.807) is 13.8 Å². The van der Waals surface area contributed by atoms with E-state index < -0.39 is 10.0 Å². The topological polar surface area (TPSA) is 66.5 Å². The predicted octanol–water partition coefficient (Wildman–Crippen LogP) is -0.0414. The van der Waals surface area contributed by atoms with Crippen molar-refractivity contribution in [2.24, 2.45) is 0 Å². The zero-order valence-electron chi connectivity index (χ0n) is 9.57. The van der Waals surface area contributed by atoms with Crippen molar-refractivity contribution in [2.75, 3.05) is 19.8 Å². The number of carbonyl (C=O) groups is 1. The van der Waals surface area contributed by atoms with Gasteiger partial charge in [0, 0.05) is 25.2 Å². The summed E-state index contributed by atoms with van der Waals surface area (Å²) in [5, 5.41) is 2.64. The maximum absolute atomic E-state index is 11.2. The van der Waals surface area contributed by atoms with E-state index in [1.807, 2.05) is 0 Å². The molecular formula is C9H18N2O3S. The molecule has 1 N–H and O–H groups in total. The molecular weight excluding hydrogens is 216 g/mol. The molecule has 1 amide bonds. The number of amides is 1. The molecule has 0 rings (SSSR count).